The van der Waals surface area contributed by atoms with Crippen molar-refractivity contribution in [2.45, 2.75) is 6.42 Å². The van der Waals surface area contributed by atoms with Crippen LogP contribution in [0.25, 0.3) is 0 Å². The molecule has 6 heteroatoms. The van der Waals surface area contributed by atoms with E-state index in [1.165, 1.54) is 12.3 Å². The molecule has 0 radical (unpaired) electrons. The Morgan fingerprint density at radius 3 is 2.90 bits per heavy atom. The number of allylic oxidation sites excluding steroid dienone is 1. The third kappa shape index (κ3) is 3.82. The monoisotopic (exact) mass is 348 g/mol. The first kappa shape index (κ1) is 15.1. The molecule has 2 rings (SSSR count). The molecule has 0 atom stereocenters. The second-order valence-electron chi connectivity index (χ2n) is 4.15. The van der Waals surface area contributed by atoms with Gasteiger partial charge < -0.3 is 9.52 Å². The van der Waals surface area contributed by atoms with Crippen molar-refractivity contribution in [3.63, 3.8) is 0 Å². The number of carbonyl (C=O) groups is 1. The third-order valence-electron chi connectivity index (χ3n) is 2.68. The smallest absolute Gasteiger partial charge is 0.307 e. The van der Waals surface area contributed by atoms with E-state index in [1.54, 1.807) is 30.3 Å². The van der Waals surface area contributed by atoms with E-state index < -0.39 is 5.91 Å². The number of hydrogen-bond donors (Lipinski definition) is 2. The minimum Gasteiger partial charge on any atom is -0.507 e. The first-order valence-electron chi connectivity index (χ1n) is 6.12. The molecule has 0 unspecified atom stereocenters. The van der Waals surface area contributed by atoms with Gasteiger partial charge in [-0.05, 0) is 46.1 Å². The minimum atomic E-state index is -0.473. The van der Waals surface area contributed by atoms with Crippen molar-refractivity contribution in [2.24, 2.45) is 5.10 Å². The molecule has 2 N–H and O–H groups in total. The average Bonchev–Trinajstić information content (AvgIpc) is 2.89. The van der Waals surface area contributed by atoms with Gasteiger partial charge in [0.05, 0.1) is 6.21 Å². The van der Waals surface area contributed by atoms with Crippen LogP contribution in [0.1, 0.15) is 21.7 Å². The van der Waals surface area contributed by atoms with E-state index in [0.717, 1.165) is 5.56 Å². The quantitative estimate of drug-likeness (QED) is 0.494. The summed E-state index contributed by atoms with van der Waals surface area (Å²) >= 11 is 3.11. The number of rotatable bonds is 5. The van der Waals surface area contributed by atoms with E-state index in [0.29, 0.717) is 16.7 Å². The molecule has 0 aliphatic rings. The Hall–Kier alpha value is -2.34. The molecule has 0 fully saturated rings. The van der Waals surface area contributed by atoms with E-state index >= 15 is 0 Å². The van der Waals surface area contributed by atoms with Gasteiger partial charge in [-0.15, -0.1) is 6.58 Å². The molecule has 0 saturated heterocycles. The van der Waals surface area contributed by atoms with Crippen molar-refractivity contribution < 1.29 is 14.3 Å². The van der Waals surface area contributed by atoms with E-state index in [-0.39, 0.29) is 11.5 Å². The van der Waals surface area contributed by atoms with Crippen LogP contribution in [-0.4, -0.2) is 17.2 Å². The second-order valence-corrected chi connectivity index (χ2v) is 4.93. The molecule has 2 aromatic rings. The van der Waals surface area contributed by atoms with E-state index in [1.807, 2.05) is 0 Å². The highest BCUT2D eigenvalue weighted by molar-refractivity contribution is 9.10. The summed E-state index contributed by atoms with van der Waals surface area (Å²) in [6.45, 7) is 3.63. The van der Waals surface area contributed by atoms with Gasteiger partial charge in [0.2, 0.25) is 0 Å². The fourth-order valence-electron chi connectivity index (χ4n) is 1.69. The maximum Gasteiger partial charge on any atom is 0.307 e. The first-order chi connectivity index (χ1) is 10.1. The lowest BCUT2D eigenvalue weighted by Crippen LogP contribution is -2.16. The van der Waals surface area contributed by atoms with Crippen molar-refractivity contribution in [1.29, 1.82) is 0 Å². The Bertz CT molecular complexity index is 692. The summed E-state index contributed by atoms with van der Waals surface area (Å²) in [5.74, 6) is -0.210. The number of hydrogen-bond acceptors (Lipinski definition) is 4. The molecule has 0 saturated carbocycles. The SMILES string of the molecule is C=CCc1cccc(/C=N/NC(=O)c2ccc(Br)o2)c1O. The van der Waals surface area contributed by atoms with Crippen LogP contribution in [0.15, 0.2) is 57.2 Å². The third-order valence-corrected chi connectivity index (χ3v) is 3.11. The van der Waals surface area contributed by atoms with Crippen LogP contribution in [0.2, 0.25) is 0 Å². The van der Waals surface area contributed by atoms with Crippen LogP contribution in [0.3, 0.4) is 0 Å². The van der Waals surface area contributed by atoms with Gasteiger partial charge in [-0.2, -0.15) is 5.10 Å². The standard InChI is InChI=1S/C15H13BrN2O3/c1-2-4-10-5-3-6-11(14(10)19)9-17-18-15(20)12-7-8-13(16)21-12/h2-3,5-9,19H,1,4H2,(H,18,20)/b17-9+. The lowest BCUT2D eigenvalue weighted by molar-refractivity contribution is 0.0926. The van der Waals surface area contributed by atoms with E-state index in [9.17, 15) is 9.90 Å². The van der Waals surface area contributed by atoms with Crippen LogP contribution in [0, 0.1) is 0 Å². The number of nitrogens with one attached hydrogen (secondary N) is 1. The van der Waals surface area contributed by atoms with Crippen LogP contribution in [0.5, 0.6) is 5.75 Å². The Balaban J connectivity index is 2.06. The number of halogens is 1. The molecule has 0 spiro atoms. The summed E-state index contributed by atoms with van der Waals surface area (Å²) < 4.78 is 5.56. The zero-order valence-electron chi connectivity index (χ0n) is 11.0. The topological polar surface area (TPSA) is 74.8 Å². The highest BCUT2D eigenvalue weighted by atomic mass is 79.9. The average molecular weight is 349 g/mol. The number of amides is 1. The lowest BCUT2D eigenvalue weighted by atomic mass is 10.1. The largest absolute Gasteiger partial charge is 0.507 e. The molecule has 1 aromatic carbocycles. The minimum absolute atomic E-state index is 0.121. The maximum absolute atomic E-state index is 11.7. The summed E-state index contributed by atoms with van der Waals surface area (Å²) in [6.07, 6.45) is 3.63. The number of carbonyl (C=O) groups excluding carboxylic acids is 1. The molecule has 0 bridgehead atoms. The zero-order chi connectivity index (χ0) is 15.2. The number of hydrazone groups is 1. The summed E-state index contributed by atoms with van der Waals surface area (Å²) in [4.78, 5) is 11.7. The summed E-state index contributed by atoms with van der Waals surface area (Å²) in [7, 11) is 0. The molecule has 1 amide bonds. The predicted molar refractivity (Wildman–Crippen MR) is 83.5 cm³/mol. The zero-order valence-corrected chi connectivity index (χ0v) is 12.6. The molecular weight excluding hydrogens is 336 g/mol. The highest BCUT2D eigenvalue weighted by Crippen LogP contribution is 2.21. The second kappa shape index (κ2) is 6.90. The van der Waals surface area contributed by atoms with Gasteiger partial charge in [0.25, 0.3) is 0 Å². The fourth-order valence-corrected chi connectivity index (χ4v) is 1.99. The molecule has 1 aromatic heterocycles. The number of para-hydroxylation sites is 1. The normalized spacial score (nSPS) is 10.7. The number of benzene rings is 1. The van der Waals surface area contributed by atoms with Crippen LogP contribution >= 0.6 is 15.9 Å². The molecule has 108 valence electrons. The highest BCUT2D eigenvalue weighted by Gasteiger charge is 2.09. The van der Waals surface area contributed by atoms with Crippen LogP contribution in [-0.2, 0) is 6.42 Å². The molecule has 5 nitrogen and oxygen atoms in total. The van der Waals surface area contributed by atoms with Gasteiger partial charge in [-0.3, -0.25) is 4.79 Å². The van der Waals surface area contributed by atoms with E-state index in [4.69, 9.17) is 4.42 Å². The number of nitrogens with zero attached hydrogens (tertiary/aromatic N) is 1. The Labute approximate surface area is 130 Å². The van der Waals surface area contributed by atoms with Gasteiger partial charge in [-0.1, -0.05) is 18.2 Å². The van der Waals surface area contributed by atoms with Gasteiger partial charge in [-0.25, -0.2) is 5.43 Å². The van der Waals surface area contributed by atoms with Gasteiger partial charge >= 0.3 is 5.91 Å². The molecular formula is C15H13BrN2O3. The van der Waals surface area contributed by atoms with Crippen molar-refractivity contribution in [1.82, 2.24) is 5.43 Å². The lowest BCUT2D eigenvalue weighted by Gasteiger charge is -2.04. The predicted octanol–water partition coefficient (Wildman–Crippen LogP) is 3.24. The molecule has 0 aliphatic carbocycles. The Kier molecular flexibility index (Phi) is 4.94. The Morgan fingerprint density at radius 1 is 1.43 bits per heavy atom. The van der Waals surface area contributed by atoms with Crippen LogP contribution < -0.4 is 5.43 Å². The van der Waals surface area contributed by atoms with Crippen molar-refractivity contribution in [2.75, 3.05) is 0 Å². The molecule has 21 heavy (non-hydrogen) atoms. The van der Waals surface area contributed by atoms with Gasteiger partial charge in [0, 0.05) is 5.56 Å². The first-order valence-corrected chi connectivity index (χ1v) is 6.91. The summed E-state index contributed by atoms with van der Waals surface area (Å²) in [6, 6.07) is 8.43. The maximum atomic E-state index is 11.7. The number of furan rings is 1. The van der Waals surface area contributed by atoms with Crippen molar-refractivity contribution >= 4 is 28.1 Å². The molecule has 1 heterocycles. The molecule has 0 aliphatic heterocycles. The number of phenolic OH excluding ortho intramolecular Hbond substituents is 1. The number of phenols is 1. The van der Waals surface area contributed by atoms with Gasteiger partial charge in [0.1, 0.15) is 5.75 Å². The summed E-state index contributed by atoms with van der Waals surface area (Å²) in [5, 5.41) is 13.8. The van der Waals surface area contributed by atoms with Gasteiger partial charge in [0.15, 0.2) is 10.4 Å². The number of aromatic hydroxyl groups is 1. The van der Waals surface area contributed by atoms with Crippen molar-refractivity contribution in [3.8, 4) is 5.75 Å². The Morgan fingerprint density at radius 2 is 2.24 bits per heavy atom. The van der Waals surface area contributed by atoms with E-state index in [2.05, 4.69) is 33.0 Å². The van der Waals surface area contributed by atoms with Crippen LogP contribution in [0.4, 0.5) is 0 Å². The summed E-state index contributed by atoms with van der Waals surface area (Å²) in [5.41, 5.74) is 3.58. The van der Waals surface area contributed by atoms with Crippen molar-refractivity contribution in [3.05, 3.63) is 64.5 Å². The fraction of sp³-hybridized carbons (Fsp3) is 0.0667.